The molecule has 0 unspecified atom stereocenters. The molecule has 5 heteroatoms. The third kappa shape index (κ3) is 5.42. The van der Waals surface area contributed by atoms with Crippen LogP contribution in [-0.4, -0.2) is 46.8 Å². The number of carbonyl (C=O) groups excluding carboxylic acids is 1. The summed E-state index contributed by atoms with van der Waals surface area (Å²) in [5.74, 6) is 0.0331. The van der Waals surface area contributed by atoms with E-state index in [-0.39, 0.29) is 5.91 Å². The van der Waals surface area contributed by atoms with Gasteiger partial charge in [0.25, 0.3) is 0 Å². The molecule has 0 aliphatic rings. The van der Waals surface area contributed by atoms with Crippen LogP contribution in [0.15, 0.2) is 6.07 Å². The van der Waals surface area contributed by atoms with E-state index in [0.717, 1.165) is 44.0 Å². The first-order chi connectivity index (χ1) is 9.06. The summed E-state index contributed by atoms with van der Waals surface area (Å²) >= 11 is 0. The average Bonchev–Trinajstić information content (AvgIpc) is 2.68. The number of nitrogens with one attached hydrogen (secondary N) is 1. The molecule has 0 bridgehead atoms. The van der Waals surface area contributed by atoms with E-state index in [0.29, 0.717) is 6.54 Å². The zero-order valence-corrected chi connectivity index (χ0v) is 12.6. The second-order valence-electron chi connectivity index (χ2n) is 4.82. The molecule has 0 spiro atoms. The van der Waals surface area contributed by atoms with Gasteiger partial charge >= 0.3 is 0 Å². The van der Waals surface area contributed by atoms with E-state index >= 15 is 0 Å². The van der Waals surface area contributed by atoms with Crippen LogP contribution in [-0.2, 0) is 11.3 Å². The van der Waals surface area contributed by atoms with Crippen molar-refractivity contribution in [2.45, 2.75) is 40.7 Å². The first-order valence-corrected chi connectivity index (χ1v) is 7.06. The minimum atomic E-state index is 0.0331. The Balaban J connectivity index is 2.23. The highest BCUT2D eigenvalue weighted by molar-refractivity contribution is 5.75. The van der Waals surface area contributed by atoms with Crippen molar-refractivity contribution in [2.75, 3.05) is 26.2 Å². The highest BCUT2D eigenvalue weighted by Gasteiger charge is 2.06. The number of aryl methyl sites for hydroxylation is 2. The summed E-state index contributed by atoms with van der Waals surface area (Å²) in [6.45, 7) is 12.4. The third-order valence-corrected chi connectivity index (χ3v) is 3.26. The predicted molar refractivity (Wildman–Crippen MR) is 77.1 cm³/mol. The van der Waals surface area contributed by atoms with Crippen molar-refractivity contribution < 1.29 is 4.79 Å². The van der Waals surface area contributed by atoms with Crippen molar-refractivity contribution in [3.63, 3.8) is 0 Å². The molecule has 1 heterocycles. The third-order valence-electron chi connectivity index (χ3n) is 3.26. The van der Waals surface area contributed by atoms with Crippen LogP contribution in [0, 0.1) is 13.8 Å². The van der Waals surface area contributed by atoms with Gasteiger partial charge < -0.3 is 10.2 Å². The Morgan fingerprint density at radius 1 is 1.37 bits per heavy atom. The molecule has 0 saturated heterocycles. The van der Waals surface area contributed by atoms with Crippen LogP contribution in [0.1, 0.15) is 31.7 Å². The fraction of sp³-hybridized carbons (Fsp3) is 0.714. The molecule has 19 heavy (non-hydrogen) atoms. The van der Waals surface area contributed by atoms with Crippen LogP contribution in [0.4, 0.5) is 0 Å². The van der Waals surface area contributed by atoms with Crippen LogP contribution in [0.5, 0.6) is 0 Å². The van der Waals surface area contributed by atoms with Crippen molar-refractivity contribution in [1.29, 1.82) is 0 Å². The smallest absolute Gasteiger partial charge is 0.241 e. The summed E-state index contributed by atoms with van der Waals surface area (Å²) in [5, 5.41) is 7.23. The van der Waals surface area contributed by atoms with E-state index in [4.69, 9.17) is 0 Å². The largest absolute Gasteiger partial charge is 0.354 e. The second kappa shape index (κ2) is 7.94. The number of amides is 1. The van der Waals surface area contributed by atoms with Crippen molar-refractivity contribution in [3.05, 3.63) is 17.5 Å². The molecule has 1 aromatic heterocycles. The summed E-state index contributed by atoms with van der Waals surface area (Å²) in [7, 11) is 0. The van der Waals surface area contributed by atoms with Crippen LogP contribution < -0.4 is 5.32 Å². The Morgan fingerprint density at radius 3 is 2.58 bits per heavy atom. The van der Waals surface area contributed by atoms with Crippen LogP contribution in [0.25, 0.3) is 0 Å². The van der Waals surface area contributed by atoms with Gasteiger partial charge in [-0.05, 0) is 46.0 Å². The fourth-order valence-electron chi connectivity index (χ4n) is 2.10. The molecule has 0 saturated carbocycles. The Bertz CT molecular complexity index is 396. The van der Waals surface area contributed by atoms with Gasteiger partial charge in [0.15, 0.2) is 0 Å². The quantitative estimate of drug-likeness (QED) is 0.723. The molecular weight excluding hydrogens is 240 g/mol. The molecule has 0 fully saturated rings. The van der Waals surface area contributed by atoms with E-state index < -0.39 is 0 Å². The molecule has 0 aromatic carbocycles. The molecule has 5 nitrogen and oxygen atoms in total. The standard InChI is InChI=1S/C14H26N4O/c1-5-17(6-2)9-7-8-15-14(19)11-18-13(4)10-12(3)16-18/h10H,5-9,11H2,1-4H3,(H,15,19). The van der Waals surface area contributed by atoms with E-state index in [1.54, 1.807) is 4.68 Å². The van der Waals surface area contributed by atoms with Crippen molar-refractivity contribution >= 4 is 5.91 Å². The maximum atomic E-state index is 11.8. The zero-order valence-electron chi connectivity index (χ0n) is 12.6. The van der Waals surface area contributed by atoms with Gasteiger partial charge in [0.1, 0.15) is 6.54 Å². The SMILES string of the molecule is CCN(CC)CCCNC(=O)Cn1nc(C)cc1C. The number of carbonyl (C=O) groups is 1. The highest BCUT2D eigenvalue weighted by atomic mass is 16.2. The van der Waals surface area contributed by atoms with Gasteiger partial charge in [-0.25, -0.2) is 0 Å². The maximum absolute atomic E-state index is 11.8. The lowest BCUT2D eigenvalue weighted by atomic mass is 10.3. The fourth-order valence-corrected chi connectivity index (χ4v) is 2.10. The van der Waals surface area contributed by atoms with Gasteiger partial charge in [0.05, 0.1) is 5.69 Å². The van der Waals surface area contributed by atoms with Crippen LogP contribution >= 0.6 is 0 Å². The van der Waals surface area contributed by atoms with Crippen molar-refractivity contribution in [1.82, 2.24) is 20.0 Å². The highest BCUT2D eigenvalue weighted by Crippen LogP contribution is 2.00. The number of nitrogens with zero attached hydrogens (tertiary/aromatic N) is 3. The van der Waals surface area contributed by atoms with Gasteiger partial charge in [0, 0.05) is 12.2 Å². The Kier molecular flexibility index (Phi) is 6.56. The molecule has 1 amide bonds. The molecule has 0 radical (unpaired) electrons. The lowest BCUT2D eigenvalue weighted by Gasteiger charge is -2.17. The van der Waals surface area contributed by atoms with E-state index in [1.165, 1.54) is 0 Å². The average molecular weight is 266 g/mol. The summed E-state index contributed by atoms with van der Waals surface area (Å²) in [6.07, 6.45) is 0.991. The number of hydrogen-bond acceptors (Lipinski definition) is 3. The van der Waals surface area contributed by atoms with Crippen molar-refractivity contribution in [2.24, 2.45) is 0 Å². The van der Waals surface area contributed by atoms with Gasteiger partial charge in [-0.2, -0.15) is 5.10 Å². The number of aromatic nitrogens is 2. The summed E-state index contributed by atoms with van der Waals surface area (Å²) in [4.78, 5) is 14.1. The molecular formula is C14H26N4O. The number of hydrogen-bond donors (Lipinski definition) is 1. The zero-order chi connectivity index (χ0) is 14.3. The molecule has 0 atom stereocenters. The lowest BCUT2D eigenvalue weighted by Crippen LogP contribution is -2.32. The second-order valence-corrected chi connectivity index (χ2v) is 4.82. The molecule has 1 N–H and O–H groups in total. The predicted octanol–water partition coefficient (Wildman–Crippen LogP) is 1.35. The molecule has 1 aromatic rings. The topological polar surface area (TPSA) is 50.2 Å². The van der Waals surface area contributed by atoms with Gasteiger partial charge in [-0.3, -0.25) is 9.48 Å². The van der Waals surface area contributed by atoms with E-state index in [1.807, 2.05) is 19.9 Å². The molecule has 108 valence electrons. The van der Waals surface area contributed by atoms with Crippen LogP contribution in [0.2, 0.25) is 0 Å². The minimum Gasteiger partial charge on any atom is -0.354 e. The molecule has 0 aliphatic carbocycles. The van der Waals surface area contributed by atoms with E-state index in [9.17, 15) is 4.79 Å². The summed E-state index contributed by atoms with van der Waals surface area (Å²) < 4.78 is 1.75. The summed E-state index contributed by atoms with van der Waals surface area (Å²) in [6, 6.07) is 1.98. The monoisotopic (exact) mass is 266 g/mol. The Hall–Kier alpha value is -1.36. The maximum Gasteiger partial charge on any atom is 0.241 e. The Labute approximate surface area is 116 Å². The van der Waals surface area contributed by atoms with Gasteiger partial charge in [-0.15, -0.1) is 0 Å². The normalized spacial score (nSPS) is 11.0. The van der Waals surface area contributed by atoms with Gasteiger partial charge in [-0.1, -0.05) is 13.8 Å². The first-order valence-electron chi connectivity index (χ1n) is 7.06. The Morgan fingerprint density at radius 2 is 2.05 bits per heavy atom. The molecule has 1 rings (SSSR count). The first kappa shape index (κ1) is 15.7. The van der Waals surface area contributed by atoms with Crippen molar-refractivity contribution in [3.8, 4) is 0 Å². The van der Waals surface area contributed by atoms with Gasteiger partial charge in [0.2, 0.25) is 5.91 Å². The van der Waals surface area contributed by atoms with E-state index in [2.05, 4.69) is 29.2 Å². The summed E-state index contributed by atoms with van der Waals surface area (Å²) in [5.41, 5.74) is 1.97. The lowest BCUT2D eigenvalue weighted by molar-refractivity contribution is -0.121. The number of rotatable bonds is 8. The van der Waals surface area contributed by atoms with Crippen LogP contribution in [0.3, 0.4) is 0 Å². The minimum absolute atomic E-state index is 0.0331. The molecule has 0 aliphatic heterocycles.